The van der Waals surface area contributed by atoms with E-state index in [-0.39, 0.29) is 6.61 Å². The van der Waals surface area contributed by atoms with E-state index in [1.807, 2.05) is 37.3 Å². The summed E-state index contributed by atoms with van der Waals surface area (Å²) in [5.74, 6) is 0.599. The smallest absolute Gasteiger partial charge is 0.338 e. The summed E-state index contributed by atoms with van der Waals surface area (Å²) in [7, 11) is 1.54. The number of hydrogen-bond donors (Lipinski definition) is 2. The van der Waals surface area contributed by atoms with Gasteiger partial charge in [-0.25, -0.2) is 9.59 Å². The van der Waals surface area contributed by atoms with Crippen molar-refractivity contribution in [3.8, 4) is 11.5 Å². The Bertz CT molecular complexity index is 924. The first-order valence-electron chi connectivity index (χ1n) is 9.44. The number of carbonyl (C=O) groups is 2. The first-order valence-corrected chi connectivity index (χ1v) is 9.44. The Labute approximate surface area is 169 Å². The first-order chi connectivity index (χ1) is 14.1. The van der Waals surface area contributed by atoms with Crippen LogP contribution in [-0.2, 0) is 9.53 Å². The fourth-order valence-electron chi connectivity index (χ4n) is 3.21. The zero-order valence-electron chi connectivity index (χ0n) is 16.7. The average Bonchev–Trinajstić information content (AvgIpc) is 2.74. The molecule has 3 rings (SSSR count). The van der Waals surface area contributed by atoms with Crippen LogP contribution in [0.3, 0.4) is 0 Å². The molecule has 1 heterocycles. The number of rotatable bonds is 7. The second-order valence-corrected chi connectivity index (χ2v) is 6.25. The van der Waals surface area contributed by atoms with Crippen molar-refractivity contribution in [3.05, 3.63) is 65.2 Å². The van der Waals surface area contributed by atoms with Gasteiger partial charge >= 0.3 is 12.0 Å². The minimum atomic E-state index is -0.706. The van der Waals surface area contributed by atoms with E-state index >= 15 is 0 Å². The molecule has 2 amide bonds. The molecule has 7 heteroatoms. The fraction of sp³-hybridized carbons (Fsp3) is 0.273. The third kappa shape index (κ3) is 4.34. The van der Waals surface area contributed by atoms with Crippen molar-refractivity contribution in [2.75, 3.05) is 20.3 Å². The van der Waals surface area contributed by atoms with Gasteiger partial charge in [-0.05, 0) is 37.1 Å². The molecule has 0 radical (unpaired) electrons. The third-order valence-electron chi connectivity index (χ3n) is 4.45. The molecule has 0 saturated heterocycles. The van der Waals surface area contributed by atoms with E-state index in [1.54, 1.807) is 32.2 Å². The zero-order chi connectivity index (χ0) is 20.8. The highest BCUT2D eigenvalue weighted by molar-refractivity contribution is 6.04. The summed E-state index contributed by atoms with van der Waals surface area (Å²) in [6.45, 7) is 4.34. The third-order valence-corrected chi connectivity index (χ3v) is 4.45. The predicted molar refractivity (Wildman–Crippen MR) is 109 cm³/mol. The summed E-state index contributed by atoms with van der Waals surface area (Å²) in [4.78, 5) is 25.3. The molecule has 0 unspecified atom stereocenters. The van der Waals surface area contributed by atoms with Crippen LogP contribution in [0.2, 0.25) is 0 Å². The van der Waals surface area contributed by atoms with Gasteiger partial charge in [0.25, 0.3) is 0 Å². The Morgan fingerprint density at radius 3 is 2.45 bits per heavy atom. The Morgan fingerprint density at radius 2 is 1.79 bits per heavy atom. The molecule has 29 heavy (non-hydrogen) atoms. The van der Waals surface area contributed by atoms with Crippen molar-refractivity contribution >= 4 is 17.7 Å². The molecule has 2 aromatic rings. The molecule has 0 aliphatic carbocycles. The Morgan fingerprint density at radius 1 is 1.03 bits per heavy atom. The van der Waals surface area contributed by atoms with Crippen molar-refractivity contribution < 1.29 is 23.8 Å². The second-order valence-electron chi connectivity index (χ2n) is 6.25. The van der Waals surface area contributed by atoms with E-state index in [2.05, 4.69) is 10.6 Å². The summed E-state index contributed by atoms with van der Waals surface area (Å²) in [6, 6.07) is 13.4. The lowest BCUT2D eigenvalue weighted by Gasteiger charge is -2.30. The van der Waals surface area contributed by atoms with Gasteiger partial charge in [0.15, 0.2) is 11.5 Å². The van der Waals surface area contributed by atoms with Crippen molar-refractivity contribution in [2.45, 2.75) is 19.9 Å². The maximum atomic E-state index is 12.9. The first kappa shape index (κ1) is 20.3. The Balaban J connectivity index is 2.15. The van der Waals surface area contributed by atoms with E-state index in [0.29, 0.717) is 40.5 Å². The second kappa shape index (κ2) is 9.14. The van der Waals surface area contributed by atoms with Gasteiger partial charge in [0.1, 0.15) is 0 Å². The summed E-state index contributed by atoms with van der Waals surface area (Å²) in [5.41, 5.74) is 2.14. The summed E-state index contributed by atoms with van der Waals surface area (Å²) >= 11 is 0. The summed E-state index contributed by atoms with van der Waals surface area (Å²) in [5, 5.41) is 5.57. The van der Waals surface area contributed by atoms with E-state index < -0.39 is 18.0 Å². The van der Waals surface area contributed by atoms with Gasteiger partial charge in [0.05, 0.1) is 37.6 Å². The Hall–Kier alpha value is -3.48. The van der Waals surface area contributed by atoms with Crippen LogP contribution in [-0.4, -0.2) is 32.3 Å². The van der Waals surface area contributed by atoms with E-state index in [0.717, 1.165) is 0 Å². The monoisotopic (exact) mass is 396 g/mol. The standard InChI is InChI=1S/C22H24N2O5/c1-4-28-16-12-11-15(13-17(16)27-3)20-18(21(25)29-5-2)19(23-22(26)24-20)14-9-7-6-8-10-14/h6-13,20H,4-5H2,1-3H3,(H2,23,24,26)/t20-/m0/s1. The average molecular weight is 396 g/mol. The highest BCUT2D eigenvalue weighted by Crippen LogP contribution is 2.36. The van der Waals surface area contributed by atoms with Crippen LogP contribution >= 0.6 is 0 Å². The van der Waals surface area contributed by atoms with Crippen molar-refractivity contribution in [1.82, 2.24) is 10.6 Å². The van der Waals surface area contributed by atoms with Gasteiger partial charge in [-0.1, -0.05) is 36.4 Å². The molecular weight excluding hydrogens is 372 g/mol. The Kier molecular flexibility index (Phi) is 6.39. The molecule has 2 N–H and O–H groups in total. The van der Waals surface area contributed by atoms with E-state index in [4.69, 9.17) is 14.2 Å². The number of ether oxygens (including phenoxy) is 3. The fourth-order valence-corrected chi connectivity index (χ4v) is 3.21. The van der Waals surface area contributed by atoms with Gasteiger partial charge in [0.2, 0.25) is 0 Å². The van der Waals surface area contributed by atoms with Crippen molar-refractivity contribution in [3.63, 3.8) is 0 Å². The van der Waals surface area contributed by atoms with Crippen molar-refractivity contribution in [1.29, 1.82) is 0 Å². The normalized spacial score (nSPS) is 16.0. The zero-order valence-corrected chi connectivity index (χ0v) is 16.7. The van der Waals surface area contributed by atoms with Gasteiger partial charge in [-0.2, -0.15) is 0 Å². The molecule has 1 aliphatic rings. The molecule has 0 aromatic heterocycles. The quantitative estimate of drug-likeness (QED) is 0.701. The number of nitrogens with one attached hydrogen (secondary N) is 2. The molecule has 0 bridgehead atoms. The SMILES string of the molecule is CCOC(=O)C1=C(c2ccccc2)NC(=O)N[C@H]1c1ccc(OCC)c(OC)c1. The number of methoxy groups -OCH3 is 1. The minimum absolute atomic E-state index is 0.220. The molecule has 2 aromatic carbocycles. The summed E-state index contributed by atoms with van der Waals surface area (Å²) < 4.78 is 16.3. The van der Waals surface area contributed by atoms with Crippen LogP contribution in [0.4, 0.5) is 4.79 Å². The molecule has 0 fully saturated rings. The molecule has 1 atom stereocenters. The molecule has 1 aliphatic heterocycles. The van der Waals surface area contributed by atoms with Crippen LogP contribution in [0.1, 0.15) is 31.0 Å². The van der Waals surface area contributed by atoms with Crippen LogP contribution in [0, 0.1) is 0 Å². The lowest BCUT2D eigenvalue weighted by Crippen LogP contribution is -2.45. The maximum Gasteiger partial charge on any atom is 0.338 e. The number of benzene rings is 2. The molecule has 152 valence electrons. The van der Waals surface area contributed by atoms with E-state index in [1.165, 1.54) is 0 Å². The largest absolute Gasteiger partial charge is 0.493 e. The van der Waals surface area contributed by atoms with Crippen LogP contribution in [0.5, 0.6) is 11.5 Å². The van der Waals surface area contributed by atoms with Gasteiger partial charge in [0, 0.05) is 0 Å². The van der Waals surface area contributed by atoms with E-state index in [9.17, 15) is 9.59 Å². The van der Waals surface area contributed by atoms with Gasteiger partial charge < -0.3 is 24.8 Å². The number of esters is 1. The number of hydrogen-bond acceptors (Lipinski definition) is 5. The van der Waals surface area contributed by atoms with Crippen LogP contribution in [0.15, 0.2) is 54.1 Å². The topological polar surface area (TPSA) is 85.9 Å². The highest BCUT2D eigenvalue weighted by Gasteiger charge is 2.34. The maximum absolute atomic E-state index is 12.9. The predicted octanol–water partition coefficient (Wildman–Crippen LogP) is 3.42. The summed E-state index contributed by atoms with van der Waals surface area (Å²) in [6.07, 6.45) is 0. The van der Waals surface area contributed by atoms with Crippen LogP contribution in [0.25, 0.3) is 5.70 Å². The van der Waals surface area contributed by atoms with Gasteiger partial charge in [-0.15, -0.1) is 0 Å². The molecule has 0 spiro atoms. The molecular formula is C22H24N2O5. The van der Waals surface area contributed by atoms with Crippen LogP contribution < -0.4 is 20.1 Å². The number of amides is 2. The lowest BCUT2D eigenvalue weighted by atomic mass is 9.92. The molecule has 7 nitrogen and oxygen atoms in total. The van der Waals surface area contributed by atoms with Gasteiger partial charge in [-0.3, -0.25) is 0 Å². The number of urea groups is 1. The highest BCUT2D eigenvalue weighted by atomic mass is 16.5. The lowest BCUT2D eigenvalue weighted by molar-refractivity contribution is -0.138. The number of carbonyl (C=O) groups excluding carboxylic acids is 2. The molecule has 0 saturated carbocycles. The van der Waals surface area contributed by atoms with Crippen molar-refractivity contribution in [2.24, 2.45) is 0 Å². The minimum Gasteiger partial charge on any atom is -0.493 e.